The first kappa shape index (κ1) is 14.0. The summed E-state index contributed by atoms with van der Waals surface area (Å²) >= 11 is 0. The number of fused-ring (bicyclic) bond motifs is 1. The van der Waals surface area contributed by atoms with Gasteiger partial charge in [-0.05, 0) is 37.5 Å². The van der Waals surface area contributed by atoms with Crippen LogP contribution in [0.2, 0.25) is 0 Å². The molecule has 0 spiro atoms. The van der Waals surface area contributed by atoms with E-state index in [2.05, 4.69) is 10.1 Å². The first-order chi connectivity index (χ1) is 11.3. The van der Waals surface area contributed by atoms with E-state index in [1.54, 1.807) is 10.8 Å². The van der Waals surface area contributed by atoms with Gasteiger partial charge < -0.3 is 9.32 Å². The smallest absolute Gasteiger partial charge is 0.272 e. The molecule has 1 fully saturated rings. The highest BCUT2D eigenvalue weighted by molar-refractivity contribution is 5.93. The highest BCUT2D eigenvalue weighted by atomic mass is 16.3. The minimum Gasteiger partial charge on any atom is -0.463 e. The van der Waals surface area contributed by atoms with E-state index < -0.39 is 0 Å². The van der Waals surface area contributed by atoms with Gasteiger partial charge in [0.25, 0.3) is 5.91 Å². The lowest BCUT2D eigenvalue weighted by Crippen LogP contribution is -2.28. The molecule has 0 aromatic carbocycles. The fourth-order valence-electron chi connectivity index (χ4n) is 3.03. The van der Waals surface area contributed by atoms with Crippen LogP contribution < -0.4 is 0 Å². The molecule has 4 heterocycles. The second-order valence-corrected chi connectivity index (χ2v) is 5.76. The van der Waals surface area contributed by atoms with Crippen LogP contribution in [0.4, 0.5) is 0 Å². The summed E-state index contributed by atoms with van der Waals surface area (Å²) in [6.07, 6.45) is 4.54. The topological polar surface area (TPSA) is 63.6 Å². The third-order valence-corrected chi connectivity index (χ3v) is 4.25. The van der Waals surface area contributed by atoms with Crippen molar-refractivity contribution < 1.29 is 9.21 Å². The lowest BCUT2D eigenvalue weighted by molar-refractivity contribution is 0.0787. The van der Waals surface area contributed by atoms with Crippen molar-refractivity contribution in [3.8, 4) is 11.5 Å². The van der Waals surface area contributed by atoms with Gasteiger partial charge in [0.1, 0.15) is 11.4 Å². The number of nitrogens with zero attached hydrogens (tertiary/aromatic N) is 4. The van der Waals surface area contributed by atoms with Crippen LogP contribution >= 0.6 is 0 Å². The zero-order chi connectivity index (χ0) is 15.8. The largest absolute Gasteiger partial charge is 0.463 e. The Morgan fingerprint density at radius 2 is 2.13 bits per heavy atom. The quantitative estimate of drug-likeness (QED) is 0.746. The maximum atomic E-state index is 12.6. The van der Waals surface area contributed by atoms with Crippen molar-refractivity contribution in [3.05, 3.63) is 41.9 Å². The molecule has 118 valence electrons. The highest BCUT2D eigenvalue weighted by Crippen LogP contribution is 2.21. The van der Waals surface area contributed by atoms with Crippen LogP contribution in [0.5, 0.6) is 0 Å². The normalized spacial score (nSPS) is 14.7. The van der Waals surface area contributed by atoms with Crippen LogP contribution in [-0.2, 0) is 6.42 Å². The molecule has 6 nitrogen and oxygen atoms in total. The molecule has 3 aromatic heterocycles. The minimum atomic E-state index is 0.0143. The van der Waals surface area contributed by atoms with Gasteiger partial charge in [0.2, 0.25) is 0 Å². The maximum Gasteiger partial charge on any atom is 0.272 e. The van der Waals surface area contributed by atoms with Gasteiger partial charge in [-0.3, -0.25) is 4.79 Å². The van der Waals surface area contributed by atoms with E-state index in [4.69, 9.17) is 4.42 Å². The standard InChI is InChI=1S/C17H18N4O2/c1-2-12-10-14(17(22)20-7-3-4-8-20)18-16-11-13(19-21(12)16)15-6-5-9-23-15/h5-6,9-11H,2-4,7-8H2,1H3. The van der Waals surface area contributed by atoms with Gasteiger partial charge in [-0.2, -0.15) is 5.10 Å². The van der Waals surface area contributed by atoms with Crippen molar-refractivity contribution >= 4 is 11.6 Å². The summed E-state index contributed by atoms with van der Waals surface area (Å²) in [6, 6.07) is 7.41. The van der Waals surface area contributed by atoms with Gasteiger partial charge in [0, 0.05) is 24.8 Å². The SMILES string of the molecule is CCc1cc(C(=O)N2CCCC2)nc2cc(-c3ccco3)nn12. The molecule has 3 aromatic rings. The van der Waals surface area contributed by atoms with Gasteiger partial charge in [-0.15, -0.1) is 0 Å². The summed E-state index contributed by atoms with van der Waals surface area (Å²) in [5.41, 5.74) is 2.87. The highest BCUT2D eigenvalue weighted by Gasteiger charge is 2.22. The van der Waals surface area contributed by atoms with Crippen LogP contribution in [-0.4, -0.2) is 38.5 Å². The lowest BCUT2D eigenvalue weighted by atomic mass is 10.2. The minimum absolute atomic E-state index is 0.0143. The molecule has 1 saturated heterocycles. The van der Waals surface area contributed by atoms with Crippen molar-refractivity contribution in [3.63, 3.8) is 0 Å². The Hall–Kier alpha value is -2.63. The second-order valence-electron chi connectivity index (χ2n) is 5.76. The van der Waals surface area contributed by atoms with E-state index in [0.29, 0.717) is 17.1 Å². The molecule has 0 atom stereocenters. The van der Waals surface area contributed by atoms with Gasteiger partial charge in [0.15, 0.2) is 11.4 Å². The number of hydrogen-bond donors (Lipinski definition) is 0. The van der Waals surface area contributed by atoms with E-state index in [9.17, 15) is 4.79 Å². The predicted molar refractivity (Wildman–Crippen MR) is 85.2 cm³/mol. The zero-order valence-corrected chi connectivity index (χ0v) is 13.0. The molecule has 6 heteroatoms. The summed E-state index contributed by atoms with van der Waals surface area (Å²) in [5, 5.41) is 4.56. The Labute approximate surface area is 133 Å². The van der Waals surface area contributed by atoms with E-state index in [-0.39, 0.29) is 5.91 Å². The molecule has 1 aliphatic heterocycles. The van der Waals surface area contributed by atoms with Crippen LogP contribution in [0.3, 0.4) is 0 Å². The Kier molecular flexibility index (Phi) is 3.37. The first-order valence-electron chi connectivity index (χ1n) is 7.99. The molecule has 0 radical (unpaired) electrons. The van der Waals surface area contributed by atoms with Crippen molar-refractivity contribution in [2.45, 2.75) is 26.2 Å². The second kappa shape index (κ2) is 5.53. The number of aryl methyl sites for hydroxylation is 1. The Bertz CT molecular complexity index is 845. The molecule has 0 N–H and O–H groups in total. The molecular formula is C17H18N4O2. The number of carbonyl (C=O) groups excluding carboxylic acids is 1. The molecule has 0 saturated carbocycles. The molecule has 1 amide bonds. The molecule has 23 heavy (non-hydrogen) atoms. The Balaban J connectivity index is 1.79. The number of likely N-dealkylation sites (tertiary alicyclic amines) is 1. The maximum absolute atomic E-state index is 12.6. The summed E-state index contributed by atoms with van der Waals surface area (Å²) in [4.78, 5) is 19.0. The summed E-state index contributed by atoms with van der Waals surface area (Å²) < 4.78 is 7.19. The molecule has 0 unspecified atom stereocenters. The third kappa shape index (κ3) is 2.40. The zero-order valence-electron chi connectivity index (χ0n) is 13.0. The number of rotatable bonds is 3. The average molecular weight is 310 g/mol. The average Bonchev–Trinajstić information content (AvgIpc) is 3.33. The fraction of sp³-hybridized carbons (Fsp3) is 0.353. The van der Waals surface area contributed by atoms with Gasteiger partial charge in [-0.25, -0.2) is 9.50 Å². The van der Waals surface area contributed by atoms with Crippen LogP contribution in [0.15, 0.2) is 34.9 Å². The Morgan fingerprint density at radius 1 is 1.30 bits per heavy atom. The number of carbonyl (C=O) groups is 1. The van der Waals surface area contributed by atoms with E-state index in [1.807, 2.05) is 36.1 Å². The summed E-state index contributed by atoms with van der Waals surface area (Å²) in [6.45, 7) is 3.70. The van der Waals surface area contributed by atoms with Crippen molar-refractivity contribution in [2.75, 3.05) is 13.1 Å². The van der Waals surface area contributed by atoms with Gasteiger partial charge >= 0.3 is 0 Å². The van der Waals surface area contributed by atoms with Crippen LogP contribution in [0.1, 0.15) is 35.9 Å². The predicted octanol–water partition coefficient (Wildman–Crippen LogP) is 2.79. The van der Waals surface area contributed by atoms with E-state index in [0.717, 1.165) is 43.7 Å². The van der Waals surface area contributed by atoms with E-state index in [1.165, 1.54) is 0 Å². The summed E-state index contributed by atoms with van der Waals surface area (Å²) in [5.74, 6) is 0.713. The number of furan rings is 1. The molecule has 0 bridgehead atoms. The Morgan fingerprint density at radius 3 is 2.83 bits per heavy atom. The van der Waals surface area contributed by atoms with Crippen molar-refractivity contribution in [1.29, 1.82) is 0 Å². The van der Waals surface area contributed by atoms with Gasteiger partial charge in [0.05, 0.1) is 6.26 Å². The molecular weight excluding hydrogens is 292 g/mol. The lowest BCUT2D eigenvalue weighted by Gasteiger charge is -2.15. The van der Waals surface area contributed by atoms with Crippen molar-refractivity contribution in [1.82, 2.24) is 19.5 Å². The van der Waals surface area contributed by atoms with Crippen molar-refractivity contribution in [2.24, 2.45) is 0 Å². The summed E-state index contributed by atoms with van der Waals surface area (Å²) in [7, 11) is 0. The fourth-order valence-corrected chi connectivity index (χ4v) is 3.03. The monoisotopic (exact) mass is 310 g/mol. The number of hydrogen-bond acceptors (Lipinski definition) is 4. The van der Waals surface area contributed by atoms with Gasteiger partial charge in [-0.1, -0.05) is 6.92 Å². The van der Waals surface area contributed by atoms with Crippen LogP contribution in [0, 0.1) is 0 Å². The molecule has 4 rings (SSSR count). The molecule has 1 aliphatic rings. The molecule has 0 aliphatic carbocycles. The first-order valence-corrected chi connectivity index (χ1v) is 7.99. The van der Waals surface area contributed by atoms with Crippen LogP contribution in [0.25, 0.3) is 17.1 Å². The number of aromatic nitrogens is 3. The number of amides is 1. The third-order valence-electron chi connectivity index (χ3n) is 4.25. The van der Waals surface area contributed by atoms with E-state index >= 15 is 0 Å².